The minimum Gasteiger partial charge on any atom is -0.354 e. The minimum absolute atomic E-state index is 0.0293. The van der Waals surface area contributed by atoms with Gasteiger partial charge in [-0.25, -0.2) is 0 Å². The summed E-state index contributed by atoms with van der Waals surface area (Å²) in [5.74, 6) is -2.68. The average molecular weight is 286 g/mol. The fourth-order valence-electron chi connectivity index (χ4n) is 2.24. The third kappa shape index (κ3) is 2.92. The highest BCUT2D eigenvalue weighted by Gasteiger charge is 2.49. The number of halogens is 3. The largest absolute Gasteiger partial charge is 0.471 e. The summed E-state index contributed by atoms with van der Waals surface area (Å²) in [5, 5.41) is 4.32. The zero-order valence-electron chi connectivity index (χ0n) is 10.5. The van der Waals surface area contributed by atoms with Crippen molar-refractivity contribution in [2.24, 2.45) is 0 Å². The van der Waals surface area contributed by atoms with Crippen LogP contribution in [0.25, 0.3) is 0 Å². The second-order valence-corrected chi connectivity index (χ2v) is 4.70. The van der Waals surface area contributed by atoms with Gasteiger partial charge in [0.1, 0.15) is 5.54 Å². The van der Waals surface area contributed by atoms with Crippen molar-refractivity contribution in [2.45, 2.75) is 24.6 Å². The van der Waals surface area contributed by atoms with Crippen LogP contribution < -0.4 is 10.6 Å². The number of hydrogen-bond donors (Lipinski definition) is 2. The number of hydrogen-bond acceptors (Lipinski definition) is 2. The molecule has 2 rings (SSSR count). The zero-order chi connectivity index (χ0) is 14.8. The highest BCUT2D eigenvalue weighted by molar-refractivity contribution is 5.94. The molecule has 1 unspecified atom stereocenters. The van der Waals surface area contributed by atoms with Crippen molar-refractivity contribution in [1.82, 2.24) is 10.6 Å². The van der Waals surface area contributed by atoms with Crippen molar-refractivity contribution in [3.63, 3.8) is 0 Å². The first-order chi connectivity index (χ1) is 9.33. The summed E-state index contributed by atoms with van der Waals surface area (Å²) in [6.45, 7) is 0.240. The van der Waals surface area contributed by atoms with Crippen LogP contribution in [0.3, 0.4) is 0 Å². The molecule has 7 heteroatoms. The molecule has 2 N–H and O–H groups in total. The third-order valence-corrected chi connectivity index (χ3v) is 3.23. The van der Waals surface area contributed by atoms with Crippen LogP contribution in [0.1, 0.15) is 12.0 Å². The Morgan fingerprint density at radius 2 is 1.95 bits per heavy atom. The van der Waals surface area contributed by atoms with Gasteiger partial charge in [-0.2, -0.15) is 13.2 Å². The third-order valence-electron chi connectivity index (χ3n) is 3.23. The van der Waals surface area contributed by atoms with Crippen LogP contribution in [0.15, 0.2) is 30.3 Å². The van der Waals surface area contributed by atoms with Gasteiger partial charge in [0, 0.05) is 13.0 Å². The molecule has 1 saturated heterocycles. The van der Waals surface area contributed by atoms with Crippen LogP contribution >= 0.6 is 0 Å². The minimum atomic E-state index is -5.01. The molecule has 1 fully saturated rings. The van der Waals surface area contributed by atoms with Crippen LogP contribution in [-0.2, 0) is 16.0 Å². The molecule has 0 aliphatic carbocycles. The van der Waals surface area contributed by atoms with E-state index in [-0.39, 0.29) is 19.4 Å². The van der Waals surface area contributed by atoms with Crippen molar-refractivity contribution < 1.29 is 22.8 Å². The highest BCUT2D eigenvalue weighted by atomic mass is 19.4. The molecule has 1 heterocycles. The monoisotopic (exact) mass is 286 g/mol. The van der Waals surface area contributed by atoms with Gasteiger partial charge in [0.2, 0.25) is 5.91 Å². The van der Waals surface area contributed by atoms with E-state index in [0.29, 0.717) is 5.56 Å². The molecule has 1 aliphatic heterocycles. The van der Waals surface area contributed by atoms with Crippen molar-refractivity contribution in [3.8, 4) is 0 Å². The number of rotatable bonds is 3. The van der Waals surface area contributed by atoms with Crippen LogP contribution in [0.4, 0.5) is 13.2 Å². The molecule has 1 aliphatic rings. The van der Waals surface area contributed by atoms with Crippen molar-refractivity contribution in [3.05, 3.63) is 35.9 Å². The second kappa shape index (κ2) is 5.15. The maximum Gasteiger partial charge on any atom is 0.471 e. The quantitative estimate of drug-likeness (QED) is 0.876. The number of alkyl halides is 3. The predicted octanol–water partition coefficient (Wildman–Crippen LogP) is 1.17. The van der Waals surface area contributed by atoms with Gasteiger partial charge in [0.05, 0.1) is 0 Å². The van der Waals surface area contributed by atoms with Gasteiger partial charge in [-0.1, -0.05) is 30.3 Å². The van der Waals surface area contributed by atoms with Gasteiger partial charge in [-0.05, 0) is 12.0 Å². The second-order valence-electron chi connectivity index (χ2n) is 4.70. The Kier molecular flexibility index (Phi) is 3.69. The van der Waals surface area contributed by atoms with E-state index in [1.54, 1.807) is 30.3 Å². The molecule has 108 valence electrons. The molecule has 0 aromatic heterocycles. The molecule has 0 spiro atoms. The molecule has 20 heavy (non-hydrogen) atoms. The van der Waals surface area contributed by atoms with E-state index in [1.807, 2.05) is 5.32 Å². The van der Waals surface area contributed by atoms with E-state index in [0.717, 1.165) is 0 Å². The summed E-state index contributed by atoms with van der Waals surface area (Å²) in [7, 11) is 0. The first kappa shape index (κ1) is 14.4. The summed E-state index contributed by atoms with van der Waals surface area (Å²) < 4.78 is 37.2. The van der Waals surface area contributed by atoms with E-state index < -0.39 is 23.5 Å². The van der Waals surface area contributed by atoms with E-state index in [4.69, 9.17) is 0 Å². The molecular weight excluding hydrogens is 273 g/mol. The molecule has 0 saturated carbocycles. The maximum absolute atomic E-state index is 12.4. The van der Waals surface area contributed by atoms with Crippen LogP contribution in [0.2, 0.25) is 0 Å². The normalized spacial score (nSPS) is 22.4. The van der Waals surface area contributed by atoms with E-state index >= 15 is 0 Å². The Labute approximate surface area is 113 Å². The van der Waals surface area contributed by atoms with Gasteiger partial charge < -0.3 is 10.6 Å². The molecule has 2 amide bonds. The van der Waals surface area contributed by atoms with Gasteiger partial charge in [-0.15, -0.1) is 0 Å². The molecule has 4 nitrogen and oxygen atoms in total. The van der Waals surface area contributed by atoms with Gasteiger partial charge in [0.15, 0.2) is 0 Å². The number of nitrogens with one attached hydrogen (secondary N) is 2. The molecule has 1 aromatic carbocycles. The number of carbonyl (C=O) groups excluding carboxylic acids is 2. The number of benzene rings is 1. The average Bonchev–Trinajstić information content (AvgIpc) is 2.71. The maximum atomic E-state index is 12.4. The summed E-state index contributed by atoms with van der Waals surface area (Å²) in [4.78, 5) is 23.0. The Hall–Kier alpha value is -2.05. The first-order valence-corrected chi connectivity index (χ1v) is 6.05. The van der Waals surface area contributed by atoms with Gasteiger partial charge in [-0.3, -0.25) is 9.59 Å². The lowest BCUT2D eigenvalue weighted by atomic mass is 9.89. The van der Waals surface area contributed by atoms with Crippen LogP contribution in [-0.4, -0.2) is 30.1 Å². The fraction of sp³-hybridized carbons (Fsp3) is 0.385. The molecule has 0 bridgehead atoms. The Morgan fingerprint density at radius 1 is 1.30 bits per heavy atom. The first-order valence-electron chi connectivity index (χ1n) is 6.05. The van der Waals surface area contributed by atoms with Crippen LogP contribution in [0.5, 0.6) is 0 Å². The van der Waals surface area contributed by atoms with E-state index in [1.165, 1.54) is 0 Å². The van der Waals surface area contributed by atoms with E-state index in [2.05, 4.69) is 5.32 Å². The lowest BCUT2D eigenvalue weighted by Gasteiger charge is -2.28. The topological polar surface area (TPSA) is 58.2 Å². The summed E-state index contributed by atoms with van der Waals surface area (Å²) in [6.07, 6.45) is -4.85. The highest BCUT2D eigenvalue weighted by Crippen LogP contribution is 2.25. The lowest BCUT2D eigenvalue weighted by Crippen LogP contribution is -2.58. The predicted molar refractivity (Wildman–Crippen MR) is 64.7 cm³/mol. The Bertz CT molecular complexity index is 516. The fourth-order valence-corrected chi connectivity index (χ4v) is 2.24. The van der Waals surface area contributed by atoms with Gasteiger partial charge in [0.25, 0.3) is 0 Å². The smallest absolute Gasteiger partial charge is 0.354 e. The summed E-state index contributed by atoms with van der Waals surface area (Å²) in [5.41, 5.74) is -0.847. The number of amides is 2. The van der Waals surface area contributed by atoms with Crippen LogP contribution in [0, 0.1) is 0 Å². The van der Waals surface area contributed by atoms with Gasteiger partial charge >= 0.3 is 12.1 Å². The lowest BCUT2D eigenvalue weighted by molar-refractivity contribution is -0.176. The molecular formula is C13H13F3N2O2. The summed E-state index contributed by atoms with van der Waals surface area (Å²) >= 11 is 0. The number of carbonyl (C=O) groups is 2. The molecule has 1 atom stereocenters. The standard InChI is InChI=1S/C13H13F3N2O2/c14-13(15,16)11(20)18-12(6-7-17-10(12)19)8-9-4-2-1-3-5-9/h1-5H,6-8H2,(H,17,19)(H,18,20). The zero-order valence-corrected chi connectivity index (χ0v) is 10.5. The molecule has 1 aromatic rings. The van der Waals surface area contributed by atoms with Crippen molar-refractivity contribution in [1.29, 1.82) is 0 Å². The SMILES string of the molecule is O=C(NC1(Cc2ccccc2)CCNC1=O)C(F)(F)F. The molecule has 0 radical (unpaired) electrons. The summed E-state index contributed by atoms with van der Waals surface area (Å²) in [6, 6.07) is 8.61. The van der Waals surface area contributed by atoms with Crippen molar-refractivity contribution >= 4 is 11.8 Å². The Balaban J connectivity index is 2.23. The Morgan fingerprint density at radius 3 is 2.45 bits per heavy atom. The van der Waals surface area contributed by atoms with Crippen molar-refractivity contribution in [2.75, 3.05) is 6.54 Å². The van der Waals surface area contributed by atoms with E-state index in [9.17, 15) is 22.8 Å².